The van der Waals surface area contributed by atoms with Crippen LogP contribution in [0.15, 0.2) is 90.1 Å². The molecule has 0 amide bonds. The lowest BCUT2D eigenvalue weighted by atomic mass is 9.82. The number of halogens is 2. The van der Waals surface area contributed by atoms with Crippen molar-refractivity contribution >= 4 is 22.5 Å². The van der Waals surface area contributed by atoms with Crippen LogP contribution in [-0.4, -0.2) is 25.8 Å². The molecule has 0 saturated carbocycles. The Morgan fingerprint density at radius 3 is 2.41 bits per heavy atom. The van der Waals surface area contributed by atoms with Crippen molar-refractivity contribution in [2.45, 2.75) is 12.5 Å². The van der Waals surface area contributed by atoms with Crippen molar-refractivity contribution in [3.63, 3.8) is 0 Å². The van der Waals surface area contributed by atoms with E-state index in [1.54, 1.807) is 46.9 Å². The summed E-state index contributed by atoms with van der Waals surface area (Å²) in [6.07, 6.45) is 3.32. The van der Waals surface area contributed by atoms with Crippen LogP contribution in [0, 0.1) is 0 Å². The van der Waals surface area contributed by atoms with Crippen LogP contribution in [0.25, 0.3) is 22.0 Å². The smallest absolute Gasteiger partial charge is 0.251 e. The summed E-state index contributed by atoms with van der Waals surface area (Å²) in [5.74, 6) is 0.729. The number of imidazole rings is 1. The molecule has 0 aliphatic rings. The third-order valence-electron chi connectivity index (χ3n) is 6.57. The van der Waals surface area contributed by atoms with Gasteiger partial charge in [0.1, 0.15) is 5.75 Å². The normalized spacial score (nSPS) is 12.7. The molecule has 1 N–H and O–H groups in total. The number of aliphatic hydroxyl groups is 1. The topological polar surface area (TPSA) is 69.3 Å². The minimum absolute atomic E-state index is 0. The zero-order valence-electron chi connectivity index (χ0n) is 20.7. The second-order valence-corrected chi connectivity index (χ2v) is 9.19. The van der Waals surface area contributed by atoms with Crippen molar-refractivity contribution in [1.82, 2.24) is 14.1 Å². The fourth-order valence-electron chi connectivity index (χ4n) is 4.70. The Labute approximate surface area is 226 Å². The summed E-state index contributed by atoms with van der Waals surface area (Å²) >= 11 is 6.16. The van der Waals surface area contributed by atoms with E-state index >= 15 is 0 Å². The molecule has 0 fully saturated rings. The molecule has 6 nitrogen and oxygen atoms in total. The number of pyridine rings is 1. The first-order valence-corrected chi connectivity index (χ1v) is 12.0. The Bertz CT molecular complexity index is 1630. The predicted molar refractivity (Wildman–Crippen MR) is 143 cm³/mol. The molecule has 0 bridgehead atoms. The molecule has 5 aromatic rings. The lowest BCUT2D eigenvalue weighted by Gasteiger charge is -2.30. The molecule has 1 unspecified atom stereocenters. The van der Waals surface area contributed by atoms with Crippen LogP contribution in [0.4, 0.5) is 0 Å². The van der Waals surface area contributed by atoms with Gasteiger partial charge in [-0.25, -0.2) is 4.98 Å². The SMILES string of the molecule is CCOc1cccc(-c2cc(=O)n(C)c3ccc(C(O)(c4ccc(Cl)cc4)c4cncn4C)cc23)c1.[Cl-]. The standard InChI is InChI=1S/C29H26ClN3O3.ClH/c1-4-36-23-7-5-6-19(14-23)24-16-28(34)33(3)26-13-10-21(15-25(24)26)29(35,27-17-31-18-32(27)2)20-8-11-22(30)12-9-20;/h5-18,35H,4H2,1-3H3;1H/p-1. The zero-order chi connectivity index (χ0) is 25.4. The van der Waals surface area contributed by atoms with E-state index in [0.29, 0.717) is 28.5 Å². The van der Waals surface area contributed by atoms with E-state index in [2.05, 4.69) is 4.98 Å². The molecule has 5 rings (SSSR count). The molecule has 1 atom stereocenters. The molecular formula is C29H26Cl2N3O3-. The van der Waals surface area contributed by atoms with Crippen LogP contribution in [0.5, 0.6) is 5.75 Å². The highest BCUT2D eigenvalue weighted by Crippen LogP contribution is 2.39. The molecule has 8 heteroatoms. The van der Waals surface area contributed by atoms with E-state index in [9.17, 15) is 9.90 Å². The first-order chi connectivity index (χ1) is 17.3. The van der Waals surface area contributed by atoms with Crippen molar-refractivity contribution in [3.05, 3.63) is 118 Å². The molecule has 3 aromatic carbocycles. The third kappa shape index (κ3) is 4.64. The van der Waals surface area contributed by atoms with Gasteiger partial charge in [-0.2, -0.15) is 0 Å². The summed E-state index contributed by atoms with van der Waals surface area (Å²) in [6, 6.07) is 22.1. The fraction of sp³-hybridized carbons (Fsp3) is 0.172. The minimum Gasteiger partial charge on any atom is -1.00 e. The van der Waals surface area contributed by atoms with Crippen LogP contribution in [0.2, 0.25) is 5.02 Å². The van der Waals surface area contributed by atoms with E-state index in [1.165, 1.54) is 0 Å². The van der Waals surface area contributed by atoms with Gasteiger partial charge in [0.2, 0.25) is 0 Å². The van der Waals surface area contributed by atoms with Gasteiger partial charge in [0.05, 0.1) is 30.3 Å². The quantitative estimate of drug-likeness (QED) is 0.363. The molecule has 2 heterocycles. The Balaban J connectivity index is 0.00000320. The van der Waals surface area contributed by atoms with E-state index in [1.807, 2.05) is 68.6 Å². The van der Waals surface area contributed by atoms with Gasteiger partial charge in [-0.3, -0.25) is 4.79 Å². The number of nitrogens with zero attached hydrogens (tertiary/aromatic N) is 3. The summed E-state index contributed by atoms with van der Waals surface area (Å²) in [6.45, 7) is 2.48. The predicted octanol–water partition coefficient (Wildman–Crippen LogP) is 2.28. The van der Waals surface area contributed by atoms with E-state index < -0.39 is 5.60 Å². The highest BCUT2D eigenvalue weighted by Gasteiger charge is 2.37. The number of aryl methyl sites for hydroxylation is 2. The highest BCUT2D eigenvalue weighted by molar-refractivity contribution is 6.30. The molecule has 0 saturated heterocycles. The maximum Gasteiger partial charge on any atom is 0.251 e. The van der Waals surface area contributed by atoms with Crippen LogP contribution >= 0.6 is 11.6 Å². The second-order valence-electron chi connectivity index (χ2n) is 8.76. The average molecular weight is 535 g/mol. The third-order valence-corrected chi connectivity index (χ3v) is 6.82. The highest BCUT2D eigenvalue weighted by atomic mass is 35.5. The first-order valence-electron chi connectivity index (χ1n) is 11.7. The number of hydrogen-bond donors (Lipinski definition) is 1. The van der Waals surface area contributed by atoms with Gasteiger partial charge >= 0.3 is 0 Å². The lowest BCUT2D eigenvalue weighted by molar-refractivity contribution is -0.0000104. The van der Waals surface area contributed by atoms with Crippen LogP contribution in [-0.2, 0) is 19.7 Å². The molecular weight excluding hydrogens is 509 g/mol. The number of aromatic nitrogens is 3. The van der Waals surface area contributed by atoms with Crippen molar-refractivity contribution in [2.75, 3.05) is 6.61 Å². The number of fused-ring (bicyclic) bond motifs is 1. The summed E-state index contributed by atoms with van der Waals surface area (Å²) < 4.78 is 9.11. The molecule has 37 heavy (non-hydrogen) atoms. The molecule has 0 radical (unpaired) electrons. The molecule has 2 aromatic heterocycles. The van der Waals surface area contributed by atoms with Crippen LogP contribution in [0.3, 0.4) is 0 Å². The van der Waals surface area contributed by atoms with Crippen molar-refractivity contribution in [1.29, 1.82) is 0 Å². The first kappa shape index (κ1) is 26.5. The average Bonchev–Trinajstić information content (AvgIpc) is 3.32. The molecule has 0 aliphatic carbocycles. The van der Waals surface area contributed by atoms with Gasteiger partial charge in [0, 0.05) is 30.6 Å². The maximum atomic E-state index is 12.9. The molecule has 0 spiro atoms. The van der Waals surface area contributed by atoms with Crippen LogP contribution in [0.1, 0.15) is 23.7 Å². The van der Waals surface area contributed by atoms with Gasteiger partial charge in [0.15, 0.2) is 5.60 Å². The Morgan fingerprint density at radius 1 is 1.00 bits per heavy atom. The summed E-state index contributed by atoms with van der Waals surface area (Å²) in [4.78, 5) is 17.1. The maximum absolute atomic E-state index is 12.9. The van der Waals surface area contributed by atoms with Crippen molar-refractivity contribution in [3.8, 4) is 16.9 Å². The minimum atomic E-state index is -1.51. The largest absolute Gasteiger partial charge is 1.00 e. The Morgan fingerprint density at radius 2 is 1.73 bits per heavy atom. The van der Waals surface area contributed by atoms with E-state index in [-0.39, 0.29) is 18.0 Å². The van der Waals surface area contributed by atoms with Crippen molar-refractivity contribution < 1.29 is 22.3 Å². The summed E-state index contributed by atoms with van der Waals surface area (Å²) in [5, 5.41) is 13.8. The number of rotatable bonds is 6. The van der Waals surface area contributed by atoms with Crippen LogP contribution < -0.4 is 22.7 Å². The summed E-state index contributed by atoms with van der Waals surface area (Å²) in [7, 11) is 3.59. The number of hydrogen-bond acceptors (Lipinski definition) is 4. The molecule has 190 valence electrons. The van der Waals surface area contributed by atoms with E-state index in [4.69, 9.17) is 16.3 Å². The Kier molecular flexibility index (Phi) is 7.46. The second kappa shape index (κ2) is 10.4. The van der Waals surface area contributed by atoms with Crippen molar-refractivity contribution in [2.24, 2.45) is 14.1 Å². The van der Waals surface area contributed by atoms with E-state index in [0.717, 1.165) is 27.8 Å². The van der Waals surface area contributed by atoms with Gasteiger partial charge < -0.3 is 31.4 Å². The van der Waals surface area contributed by atoms with Gasteiger partial charge in [-0.15, -0.1) is 0 Å². The number of benzene rings is 3. The number of ether oxygens (including phenoxy) is 1. The lowest BCUT2D eigenvalue weighted by Crippen LogP contribution is -3.00. The Hall–Kier alpha value is -3.58. The monoisotopic (exact) mass is 534 g/mol. The van der Waals surface area contributed by atoms with Gasteiger partial charge in [-0.05, 0) is 65.6 Å². The van der Waals surface area contributed by atoms with Gasteiger partial charge in [-0.1, -0.05) is 41.9 Å². The fourth-order valence-corrected chi connectivity index (χ4v) is 4.83. The zero-order valence-corrected chi connectivity index (χ0v) is 22.2. The molecule has 0 aliphatic heterocycles. The summed E-state index contributed by atoms with van der Waals surface area (Å²) in [5.41, 5.74) is 2.65. The van der Waals surface area contributed by atoms with Gasteiger partial charge in [0.25, 0.3) is 5.56 Å².